The maximum absolute atomic E-state index is 12.5. The van der Waals surface area contributed by atoms with Gasteiger partial charge in [-0.15, -0.1) is 0 Å². The van der Waals surface area contributed by atoms with Crippen molar-refractivity contribution in [1.29, 1.82) is 0 Å². The highest BCUT2D eigenvalue weighted by Crippen LogP contribution is 2.22. The van der Waals surface area contributed by atoms with Gasteiger partial charge in [0.05, 0.1) is 6.21 Å². The second kappa shape index (κ2) is 6.43. The van der Waals surface area contributed by atoms with E-state index in [0.717, 1.165) is 11.8 Å². The molecule has 0 radical (unpaired) electrons. The smallest absolute Gasteiger partial charge is 0.259 e. The first kappa shape index (κ1) is 13.7. The number of primary amides is 1. The highest BCUT2D eigenvalue weighted by atomic mass is 16.1. The second-order valence-electron chi connectivity index (χ2n) is 4.22. The number of rotatable bonds is 5. The molecule has 0 spiro atoms. The van der Waals surface area contributed by atoms with Gasteiger partial charge in [0.15, 0.2) is 5.78 Å². The molecule has 0 saturated carbocycles. The summed E-state index contributed by atoms with van der Waals surface area (Å²) in [6.45, 7) is 0. The zero-order valence-electron chi connectivity index (χ0n) is 10.8. The summed E-state index contributed by atoms with van der Waals surface area (Å²) in [5, 5.41) is 0. The quantitative estimate of drug-likeness (QED) is 0.665. The molecule has 0 saturated heterocycles. The molecule has 20 heavy (non-hydrogen) atoms. The molecular formula is C16H14N2O2. The molecular weight excluding hydrogens is 252 g/mol. The van der Waals surface area contributed by atoms with E-state index in [4.69, 9.17) is 5.73 Å². The zero-order chi connectivity index (χ0) is 14.4. The Labute approximate surface area is 117 Å². The fourth-order valence-corrected chi connectivity index (χ4v) is 1.85. The summed E-state index contributed by atoms with van der Waals surface area (Å²) in [5.41, 5.74) is 6.32. The van der Waals surface area contributed by atoms with Gasteiger partial charge in [0.2, 0.25) is 0 Å². The molecule has 4 heteroatoms. The monoisotopic (exact) mass is 266 g/mol. The number of carbonyl (C=O) groups is 2. The molecule has 4 nitrogen and oxygen atoms in total. The number of hydrogen-bond donors (Lipinski definition) is 1. The molecule has 2 rings (SSSR count). The second-order valence-corrected chi connectivity index (χ2v) is 4.22. The van der Waals surface area contributed by atoms with Crippen molar-refractivity contribution in [2.24, 2.45) is 10.7 Å². The van der Waals surface area contributed by atoms with Crippen LogP contribution in [0.2, 0.25) is 0 Å². The van der Waals surface area contributed by atoms with E-state index in [1.165, 1.54) is 0 Å². The molecule has 1 unspecified atom stereocenters. The van der Waals surface area contributed by atoms with Gasteiger partial charge in [-0.2, -0.15) is 0 Å². The summed E-state index contributed by atoms with van der Waals surface area (Å²) in [5.74, 6) is -0.846. The molecule has 0 heterocycles. The molecule has 0 aliphatic carbocycles. The minimum atomic E-state index is -0.758. The third kappa shape index (κ3) is 3.38. The minimum Gasteiger partial charge on any atom is -0.365 e. The number of hydrogen-bond acceptors (Lipinski definition) is 3. The Kier molecular flexibility index (Phi) is 4.39. The van der Waals surface area contributed by atoms with E-state index in [1.807, 2.05) is 24.3 Å². The van der Waals surface area contributed by atoms with E-state index >= 15 is 0 Å². The maximum atomic E-state index is 12.5. The predicted molar refractivity (Wildman–Crippen MR) is 77.6 cm³/mol. The van der Waals surface area contributed by atoms with Crippen LogP contribution in [-0.4, -0.2) is 17.9 Å². The average molecular weight is 266 g/mol. The highest BCUT2D eigenvalue weighted by Gasteiger charge is 2.20. The van der Waals surface area contributed by atoms with Crippen LogP contribution in [0.3, 0.4) is 0 Å². The van der Waals surface area contributed by atoms with Crippen LogP contribution in [0.1, 0.15) is 22.0 Å². The molecule has 0 bridgehead atoms. The van der Waals surface area contributed by atoms with Crippen molar-refractivity contribution in [2.75, 3.05) is 0 Å². The van der Waals surface area contributed by atoms with Crippen molar-refractivity contribution < 1.29 is 9.59 Å². The molecule has 100 valence electrons. The lowest BCUT2D eigenvalue weighted by Gasteiger charge is -2.11. The molecule has 0 aliphatic rings. The third-order valence-electron chi connectivity index (χ3n) is 2.77. The van der Waals surface area contributed by atoms with E-state index in [2.05, 4.69) is 4.99 Å². The van der Waals surface area contributed by atoms with E-state index in [0.29, 0.717) is 5.56 Å². The van der Waals surface area contributed by atoms with Crippen LogP contribution in [0.15, 0.2) is 65.7 Å². The minimum absolute atomic E-state index is 0.172. The predicted octanol–water partition coefficient (Wildman–Crippen LogP) is 2.17. The van der Waals surface area contributed by atoms with E-state index in [9.17, 15) is 9.59 Å². The normalized spacial score (nSPS) is 12.2. The number of ketones is 1. The van der Waals surface area contributed by atoms with Crippen molar-refractivity contribution in [1.82, 2.24) is 0 Å². The largest absolute Gasteiger partial charge is 0.365 e. The van der Waals surface area contributed by atoms with Crippen LogP contribution in [-0.2, 0) is 4.79 Å². The Hall–Kier alpha value is -2.75. The van der Waals surface area contributed by atoms with Crippen LogP contribution in [0.5, 0.6) is 0 Å². The van der Waals surface area contributed by atoms with Gasteiger partial charge in [-0.1, -0.05) is 60.7 Å². The molecule has 0 fully saturated rings. The van der Waals surface area contributed by atoms with Crippen LogP contribution in [0, 0.1) is 0 Å². The molecule has 2 aromatic carbocycles. The van der Waals surface area contributed by atoms with Gasteiger partial charge < -0.3 is 5.73 Å². The Bertz CT molecular complexity index is 621. The number of aliphatic imine (C=N–C) groups is 1. The van der Waals surface area contributed by atoms with Crippen LogP contribution < -0.4 is 5.73 Å². The first-order valence-corrected chi connectivity index (χ1v) is 6.15. The molecule has 0 aliphatic heterocycles. The molecule has 0 aromatic heterocycles. The molecule has 2 aromatic rings. The Morgan fingerprint density at radius 2 is 1.50 bits per heavy atom. The van der Waals surface area contributed by atoms with Crippen LogP contribution >= 0.6 is 0 Å². The van der Waals surface area contributed by atoms with Crippen molar-refractivity contribution >= 4 is 17.9 Å². The fourth-order valence-electron chi connectivity index (χ4n) is 1.85. The first-order chi connectivity index (χ1) is 9.68. The van der Waals surface area contributed by atoms with Gasteiger partial charge in [0.25, 0.3) is 5.91 Å². The topological polar surface area (TPSA) is 72.5 Å². The van der Waals surface area contributed by atoms with Crippen LogP contribution in [0.25, 0.3) is 0 Å². The van der Waals surface area contributed by atoms with Gasteiger partial charge in [-0.25, -0.2) is 0 Å². The molecule has 1 amide bonds. The number of amides is 1. The van der Waals surface area contributed by atoms with Gasteiger partial charge in [-0.3, -0.25) is 14.6 Å². The summed E-state index contributed by atoms with van der Waals surface area (Å²) >= 11 is 0. The van der Waals surface area contributed by atoms with Gasteiger partial charge in [-0.05, 0) is 5.56 Å². The Morgan fingerprint density at radius 1 is 0.950 bits per heavy atom. The highest BCUT2D eigenvalue weighted by molar-refractivity contribution is 6.25. The summed E-state index contributed by atoms with van der Waals surface area (Å²) in [6, 6.07) is 17.2. The number of benzene rings is 2. The lowest BCUT2D eigenvalue weighted by molar-refractivity contribution is -0.111. The third-order valence-corrected chi connectivity index (χ3v) is 2.77. The van der Waals surface area contributed by atoms with Crippen molar-refractivity contribution in [3.63, 3.8) is 0 Å². The van der Waals surface area contributed by atoms with Crippen molar-refractivity contribution in [2.45, 2.75) is 6.04 Å². The fraction of sp³-hybridized carbons (Fsp3) is 0.0625. The maximum Gasteiger partial charge on any atom is 0.259 e. The summed E-state index contributed by atoms with van der Waals surface area (Å²) in [7, 11) is 0. The molecule has 1 atom stereocenters. The SMILES string of the molecule is NC(=O)C=NC(C(=O)c1ccccc1)c1ccccc1. The zero-order valence-corrected chi connectivity index (χ0v) is 10.8. The lowest BCUT2D eigenvalue weighted by atomic mass is 9.98. The standard InChI is InChI=1S/C16H14N2O2/c17-14(19)11-18-15(12-7-3-1-4-8-12)16(20)13-9-5-2-6-10-13/h1-11,15H,(H2,17,19). The van der Waals surface area contributed by atoms with Crippen molar-refractivity contribution in [3.8, 4) is 0 Å². The summed E-state index contributed by atoms with van der Waals surface area (Å²) < 4.78 is 0. The summed E-state index contributed by atoms with van der Waals surface area (Å²) in [4.78, 5) is 27.4. The average Bonchev–Trinajstić information content (AvgIpc) is 2.49. The summed E-state index contributed by atoms with van der Waals surface area (Å²) in [6.07, 6.45) is 0.985. The number of nitrogens with two attached hydrogens (primary N) is 1. The van der Waals surface area contributed by atoms with E-state index in [-0.39, 0.29) is 5.78 Å². The van der Waals surface area contributed by atoms with E-state index in [1.54, 1.807) is 36.4 Å². The Balaban J connectivity index is 2.37. The number of nitrogens with zero attached hydrogens (tertiary/aromatic N) is 1. The van der Waals surface area contributed by atoms with Gasteiger partial charge in [0.1, 0.15) is 6.04 Å². The van der Waals surface area contributed by atoms with Crippen molar-refractivity contribution in [3.05, 3.63) is 71.8 Å². The number of Topliss-reactive ketones (excluding diaryl/α,β-unsaturated/α-hetero) is 1. The van der Waals surface area contributed by atoms with Crippen LogP contribution in [0.4, 0.5) is 0 Å². The Morgan fingerprint density at radius 3 is 2.05 bits per heavy atom. The van der Waals surface area contributed by atoms with Gasteiger partial charge >= 0.3 is 0 Å². The molecule has 2 N–H and O–H groups in total. The number of carbonyl (C=O) groups excluding carboxylic acids is 2. The van der Waals surface area contributed by atoms with E-state index < -0.39 is 11.9 Å². The van der Waals surface area contributed by atoms with Gasteiger partial charge in [0, 0.05) is 5.56 Å². The lowest BCUT2D eigenvalue weighted by Crippen LogP contribution is -2.16. The first-order valence-electron chi connectivity index (χ1n) is 6.15.